The molecule has 0 aromatic heterocycles. The van der Waals surface area contributed by atoms with Crippen LogP contribution in [0.15, 0.2) is 60.7 Å². The third kappa shape index (κ3) is 6.61. The van der Waals surface area contributed by atoms with E-state index in [1.54, 1.807) is 4.90 Å². The highest BCUT2D eigenvalue weighted by Gasteiger charge is 2.25. The maximum Gasteiger partial charge on any atom is 0.318 e. The zero-order valence-electron chi connectivity index (χ0n) is 17.8. The predicted octanol–water partition coefficient (Wildman–Crippen LogP) is 4.80. The largest absolute Gasteiger partial charge is 0.352 e. The van der Waals surface area contributed by atoms with Crippen LogP contribution in [-0.2, 0) is 11.3 Å². The minimum atomic E-state index is -0.100. The van der Waals surface area contributed by atoms with Crippen molar-refractivity contribution in [2.24, 2.45) is 0 Å². The minimum absolute atomic E-state index is 0.0467. The molecule has 30 heavy (non-hydrogen) atoms. The Kier molecular flexibility index (Phi) is 8.30. The Hall–Kier alpha value is -2.82. The van der Waals surface area contributed by atoms with E-state index in [4.69, 9.17) is 0 Å². The maximum atomic E-state index is 13.1. The highest BCUT2D eigenvalue weighted by molar-refractivity contribution is 5.78. The fourth-order valence-corrected chi connectivity index (χ4v) is 3.99. The zero-order valence-corrected chi connectivity index (χ0v) is 17.8. The summed E-state index contributed by atoms with van der Waals surface area (Å²) in [6, 6.07) is 19.9. The second-order valence-electron chi connectivity index (χ2n) is 8.08. The van der Waals surface area contributed by atoms with Crippen LogP contribution in [0.3, 0.4) is 0 Å². The number of benzene rings is 2. The molecule has 5 nitrogen and oxygen atoms in total. The Labute approximate surface area is 179 Å². The van der Waals surface area contributed by atoms with Crippen molar-refractivity contribution < 1.29 is 9.59 Å². The molecule has 160 valence electrons. The molecule has 3 amide bonds. The van der Waals surface area contributed by atoms with E-state index in [0.717, 1.165) is 24.0 Å². The van der Waals surface area contributed by atoms with Gasteiger partial charge in [-0.25, -0.2) is 4.79 Å². The number of hydrogen-bond donors (Lipinski definition) is 2. The Morgan fingerprint density at radius 2 is 1.60 bits per heavy atom. The van der Waals surface area contributed by atoms with E-state index in [9.17, 15) is 9.59 Å². The van der Waals surface area contributed by atoms with Gasteiger partial charge in [0.05, 0.1) is 6.04 Å². The molecule has 1 saturated carbocycles. The minimum Gasteiger partial charge on any atom is -0.352 e. The average molecular weight is 408 g/mol. The normalized spacial score (nSPS) is 15.2. The number of carbonyl (C=O) groups excluding carboxylic acids is 2. The third-order valence-corrected chi connectivity index (χ3v) is 5.86. The predicted molar refractivity (Wildman–Crippen MR) is 120 cm³/mol. The summed E-state index contributed by atoms with van der Waals surface area (Å²) in [5.41, 5.74) is 2.14. The van der Waals surface area contributed by atoms with E-state index < -0.39 is 0 Å². The van der Waals surface area contributed by atoms with Gasteiger partial charge in [0, 0.05) is 25.6 Å². The first-order valence-electron chi connectivity index (χ1n) is 11.1. The van der Waals surface area contributed by atoms with Crippen LogP contribution in [0.25, 0.3) is 0 Å². The number of amides is 3. The van der Waals surface area contributed by atoms with Gasteiger partial charge in [-0.3, -0.25) is 4.79 Å². The first-order chi connectivity index (χ1) is 14.6. The number of nitrogens with zero attached hydrogens (tertiary/aromatic N) is 1. The molecule has 0 aliphatic heterocycles. The second kappa shape index (κ2) is 11.4. The average Bonchev–Trinajstić information content (AvgIpc) is 2.79. The number of urea groups is 1. The van der Waals surface area contributed by atoms with Crippen molar-refractivity contribution in [2.45, 2.75) is 64.1 Å². The Morgan fingerprint density at radius 3 is 2.27 bits per heavy atom. The first-order valence-corrected chi connectivity index (χ1v) is 11.1. The second-order valence-corrected chi connectivity index (χ2v) is 8.08. The van der Waals surface area contributed by atoms with Gasteiger partial charge in [-0.1, -0.05) is 79.9 Å². The Bertz CT molecular complexity index is 789. The highest BCUT2D eigenvalue weighted by Crippen LogP contribution is 2.22. The maximum absolute atomic E-state index is 13.1. The molecule has 2 N–H and O–H groups in total. The van der Waals surface area contributed by atoms with Crippen molar-refractivity contribution in [3.05, 3.63) is 71.8 Å². The van der Waals surface area contributed by atoms with E-state index >= 15 is 0 Å². The molecule has 5 heteroatoms. The van der Waals surface area contributed by atoms with Crippen LogP contribution < -0.4 is 10.6 Å². The lowest BCUT2D eigenvalue weighted by Gasteiger charge is -2.32. The fourth-order valence-electron chi connectivity index (χ4n) is 3.99. The molecule has 0 saturated heterocycles. The van der Waals surface area contributed by atoms with Gasteiger partial charge in [0.2, 0.25) is 5.91 Å². The molecule has 1 atom stereocenters. The van der Waals surface area contributed by atoms with Crippen LogP contribution >= 0.6 is 0 Å². The fraction of sp³-hybridized carbons (Fsp3) is 0.440. The third-order valence-electron chi connectivity index (χ3n) is 5.86. The molecule has 0 heterocycles. The van der Waals surface area contributed by atoms with Crippen LogP contribution in [0.4, 0.5) is 4.79 Å². The quantitative estimate of drug-likeness (QED) is 0.660. The van der Waals surface area contributed by atoms with Crippen molar-refractivity contribution in [1.82, 2.24) is 15.5 Å². The van der Waals surface area contributed by atoms with Gasteiger partial charge in [0.25, 0.3) is 0 Å². The summed E-state index contributed by atoms with van der Waals surface area (Å²) >= 11 is 0. The Morgan fingerprint density at radius 1 is 0.967 bits per heavy atom. The van der Waals surface area contributed by atoms with Crippen molar-refractivity contribution in [3.63, 3.8) is 0 Å². The van der Waals surface area contributed by atoms with Crippen LogP contribution in [0.5, 0.6) is 0 Å². The number of carbonyl (C=O) groups is 2. The monoisotopic (exact) mass is 407 g/mol. The van der Waals surface area contributed by atoms with E-state index in [0.29, 0.717) is 13.1 Å². The highest BCUT2D eigenvalue weighted by atomic mass is 16.2. The van der Waals surface area contributed by atoms with Crippen molar-refractivity contribution >= 4 is 11.9 Å². The first kappa shape index (κ1) is 21.9. The topological polar surface area (TPSA) is 61.4 Å². The molecule has 1 aliphatic rings. The van der Waals surface area contributed by atoms with E-state index in [1.165, 1.54) is 19.3 Å². The van der Waals surface area contributed by atoms with Crippen molar-refractivity contribution in [1.29, 1.82) is 0 Å². The summed E-state index contributed by atoms with van der Waals surface area (Å²) < 4.78 is 0. The van der Waals surface area contributed by atoms with Crippen LogP contribution in [0, 0.1) is 0 Å². The standard InChI is InChI=1S/C25H33N3O2/c1-20(22-13-7-3-8-14-22)28(25(30)27-23-15-9-4-10-16-23)18-17-24(29)26-19-21-11-5-2-6-12-21/h2-3,5-8,11-14,20,23H,4,9-10,15-19H2,1H3,(H,26,29)(H,27,30). The molecule has 3 rings (SSSR count). The summed E-state index contributed by atoms with van der Waals surface area (Å²) in [4.78, 5) is 27.3. The Balaban J connectivity index is 1.59. The summed E-state index contributed by atoms with van der Waals surface area (Å²) in [5.74, 6) is -0.0467. The molecular weight excluding hydrogens is 374 g/mol. The smallest absolute Gasteiger partial charge is 0.318 e. The van der Waals surface area contributed by atoms with E-state index in [-0.39, 0.29) is 30.4 Å². The van der Waals surface area contributed by atoms with Gasteiger partial charge >= 0.3 is 6.03 Å². The molecule has 1 aliphatic carbocycles. The number of hydrogen-bond acceptors (Lipinski definition) is 2. The lowest BCUT2D eigenvalue weighted by atomic mass is 9.95. The molecule has 2 aromatic rings. The molecule has 0 radical (unpaired) electrons. The number of rotatable bonds is 8. The summed E-state index contributed by atoms with van der Waals surface area (Å²) in [5, 5.41) is 6.16. The van der Waals surface area contributed by atoms with Gasteiger partial charge in [0.15, 0.2) is 0 Å². The summed E-state index contributed by atoms with van der Waals surface area (Å²) in [7, 11) is 0. The number of nitrogens with one attached hydrogen (secondary N) is 2. The molecule has 1 unspecified atom stereocenters. The van der Waals surface area contributed by atoms with E-state index in [1.807, 2.05) is 67.6 Å². The van der Waals surface area contributed by atoms with Gasteiger partial charge in [-0.15, -0.1) is 0 Å². The molecule has 2 aromatic carbocycles. The lowest BCUT2D eigenvalue weighted by molar-refractivity contribution is -0.121. The zero-order chi connectivity index (χ0) is 21.2. The summed E-state index contributed by atoms with van der Waals surface area (Å²) in [6.45, 7) is 2.91. The molecule has 0 bridgehead atoms. The molecule has 0 spiro atoms. The van der Waals surface area contributed by atoms with Crippen molar-refractivity contribution in [3.8, 4) is 0 Å². The van der Waals surface area contributed by atoms with Crippen LogP contribution in [0.2, 0.25) is 0 Å². The van der Waals surface area contributed by atoms with Crippen LogP contribution in [0.1, 0.15) is 62.6 Å². The van der Waals surface area contributed by atoms with E-state index in [2.05, 4.69) is 10.6 Å². The summed E-state index contributed by atoms with van der Waals surface area (Å²) in [6.07, 6.45) is 5.94. The van der Waals surface area contributed by atoms with Gasteiger partial charge in [-0.2, -0.15) is 0 Å². The van der Waals surface area contributed by atoms with Crippen LogP contribution in [-0.4, -0.2) is 29.4 Å². The van der Waals surface area contributed by atoms with Gasteiger partial charge in [-0.05, 0) is 30.9 Å². The van der Waals surface area contributed by atoms with Gasteiger partial charge < -0.3 is 15.5 Å². The van der Waals surface area contributed by atoms with Crippen molar-refractivity contribution in [2.75, 3.05) is 6.54 Å². The van der Waals surface area contributed by atoms with Gasteiger partial charge in [0.1, 0.15) is 0 Å². The lowest BCUT2D eigenvalue weighted by Crippen LogP contribution is -2.47. The molecule has 1 fully saturated rings. The molecular formula is C25H33N3O2. The SMILES string of the molecule is CC(c1ccccc1)N(CCC(=O)NCc1ccccc1)C(=O)NC1CCCCC1.